The molecule has 0 amide bonds. The summed E-state index contributed by atoms with van der Waals surface area (Å²) in [5.41, 5.74) is 2.31. The van der Waals surface area contributed by atoms with Crippen LogP contribution in [0.4, 0.5) is 10.2 Å². The molecular formula is C16H13ClFN3. The van der Waals surface area contributed by atoms with Crippen molar-refractivity contribution in [2.24, 2.45) is 0 Å². The number of rotatable bonds is 2. The molecule has 0 aliphatic carbocycles. The van der Waals surface area contributed by atoms with Crippen molar-refractivity contribution in [3.05, 3.63) is 52.8 Å². The molecule has 3 rings (SSSR count). The Morgan fingerprint density at radius 1 is 1.10 bits per heavy atom. The van der Waals surface area contributed by atoms with Crippen LogP contribution in [0.25, 0.3) is 22.3 Å². The molecule has 0 atom stereocenters. The van der Waals surface area contributed by atoms with Crippen molar-refractivity contribution in [1.29, 1.82) is 0 Å². The first-order valence-electron chi connectivity index (χ1n) is 6.50. The first-order valence-corrected chi connectivity index (χ1v) is 6.88. The maximum absolute atomic E-state index is 13.5. The summed E-state index contributed by atoms with van der Waals surface area (Å²) < 4.78 is 13.5. The molecule has 5 heteroatoms. The molecule has 0 saturated carbocycles. The van der Waals surface area contributed by atoms with E-state index in [1.54, 1.807) is 25.2 Å². The second-order valence-electron chi connectivity index (χ2n) is 4.77. The second-order valence-corrected chi connectivity index (χ2v) is 5.20. The predicted molar refractivity (Wildman–Crippen MR) is 84.2 cm³/mol. The van der Waals surface area contributed by atoms with Gasteiger partial charge < -0.3 is 5.32 Å². The maximum Gasteiger partial charge on any atom is 0.162 e. The average Bonchev–Trinajstić information content (AvgIpc) is 2.48. The number of hydrogen-bond acceptors (Lipinski definition) is 3. The standard InChI is InChI=1S/C16H13ClFN3/c1-9-3-5-11(18)8-13(9)16-20-14-7-10(17)4-6-12(14)15(19-2)21-16/h3-8H,1-2H3,(H,19,20,21). The highest BCUT2D eigenvalue weighted by Gasteiger charge is 2.11. The van der Waals surface area contributed by atoms with E-state index in [0.29, 0.717) is 22.2 Å². The zero-order chi connectivity index (χ0) is 15.0. The van der Waals surface area contributed by atoms with Crippen LogP contribution in [0.2, 0.25) is 5.02 Å². The Labute approximate surface area is 126 Å². The van der Waals surface area contributed by atoms with Crippen LogP contribution in [0.1, 0.15) is 5.56 Å². The van der Waals surface area contributed by atoms with Gasteiger partial charge in [-0.05, 0) is 42.8 Å². The number of nitrogens with one attached hydrogen (secondary N) is 1. The molecule has 0 fully saturated rings. The van der Waals surface area contributed by atoms with Crippen molar-refractivity contribution in [3.8, 4) is 11.4 Å². The van der Waals surface area contributed by atoms with E-state index in [1.807, 2.05) is 13.0 Å². The summed E-state index contributed by atoms with van der Waals surface area (Å²) in [7, 11) is 1.79. The van der Waals surface area contributed by atoms with Crippen LogP contribution < -0.4 is 5.32 Å². The monoisotopic (exact) mass is 301 g/mol. The molecular weight excluding hydrogens is 289 g/mol. The molecule has 0 spiro atoms. The molecule has 0 bridgehead atoms. The summed E-state index contributed by atoms with van der Waals surface area (Å²) in [6.07, 6.45) is 0. The topological polar surface area (TPSA) is 37.8 Å². The molecule has 106 valence electrons. The quantitative estimate of drug-likeness (QED) is 0.760. The van der Waals surface area contributed by atoms with Gasteiger partial charge in [-0.25, -0.2) is 14.4 Å². The van der Waals surface area contributed by atoms with Crippen LogP contribution in [0, 0.1) is 12.7 Å². The molecule has 1 N–H and O–H groups in total. The molecule has 3 aromatic rings. The lowest BCUT2D eigenvalue weighted by atomic mass is 10.1. The molecule has 2 aromatic carbocycles. The fourth-order valence-electron chi connectivity index (χ4n) is 2.25. The normalized spacial score (nSPS) is 10.9. The third kappa shape index (κ3) is 2.54. The van der Waals surface area contributed by atoms with Crippen molar-refractivity contribution in [3.63, 3.8) is 0 Å². The molecule has 3 nitrogen and oxygen atoms in total. The largest absolute Gasteiger partial charge is 0.373 e. The third-order valence-electron chi connectivity index (χ3n) is 3.34. The van der Waals surface area contributed by atoms with Crippen molar-refractivity contribution in [2.75, 3.05) is 12.4 Å². The number of benzene rings is 2. The van der Waals surface area contributed by atoms with Crippen molar-refractivity contribution in [1.82, 2.24) is 9.97 Å². The number of aromatic nitrogens is 2. The van der Waals surface area contributed by atoms with Gasteiger partial charge in [-0.1, -0.05) is 17.7 Å². The summed E-state index contributed by atoms with van der Waals surface area (Å²) in [5, 5.41) is 4.52. The first-order chi connectivity index (χ1) is 10.1. The van der Waals surface area contributed by atoms with E-state index >= 15 is 0 Å². The van der Waals surface area contributed by atoms with Gasteiger partial charge in [0.2, 0.25) is 0 Å². The van der Waals surface area contributed by atoms with Crippen LogP contribution in [0.5, 0.6) is 0 Å². The number of aryl methyl sites for hydroxylation is 1. The Bertz CT molecular complexity index is 833. The van der Waals surface area contributed by atoms with Crippen LogP contribution in [0.15, 0.2) is 36.4 Å². The average molecular weight is 302 g/mol. The maximum atomic E-state index is 13.5. The number of nitrogens with zero attached hydrogens (tertiary/aromatic N) is 2. The minimum Gasteiger partial charge on any atom is -0.373 e. The summed E-state index contributed by atoms with van der Waals surface area (Å²) in [4.78, 5) is 9.00. The minimum atomic E-state index is -0.309. The van der Waals surface area contributed by atoms with E-state index in [2.05, 4.69) is 15.3 Å². The van der Waals surface area contributed by atoms with E-state index in [0.717, 1.165) is 16.5 Å². The van der Waals surface area contributed by atoms with Crippen molar-refractivity contribution < 1.29 is 4.39 Å². The van der Waals surface area contributed by atoms with Crippen LogP contribution in [-0.4, -0.2) is 17.0 Å². The van der Waals surface area contributed by atoms with E-state index in [4.69, 9.17) is 11.6 Å². The van der Waals surface area contributed by atoms with Gasteiger partial charge in [0.1, 0.15) is 11.6 Å². The van der Waals surface area contributed by atoms with Gasteiger partial charge in [-0.2, -0.15) is 0 Å². The molecule has 0 aliphatic heterocycles. The Morgan fingerprint density at radius 3 is 2.67 bits per heavy atom. The number of halogens is 2. The summed E-state index contributed by atoms with van der Waals surface area (Å²) in [6.45, 7) is 1.90. The van der Waals surface area contributed by atoms with Crippen LogP contribution >= 0.6 is 11.6 Å². The van der Waals surface area contributed by atoms with Gasteiger partial charge in [0.15, 0.2) is 5.82 Å². The molecule has 0 saturated heterocycles. The summed E-state index contributed by atoms with van der Waals surface area (Å²) in [5.74, 6) is 0.859. The van der Waals surface area contributed by atoms with Gasteiger partial charge in [0.25, 0.3) is 0 Å². The molecule has 21 heavy (non-hydrogen) atoms. The third-order valence-corrected chi connectivity index (χ3v) is 3.57. The first kappa shape index (κ1) is 13.8. The molecule has 0 radical (unpaired) electrons. The lowest BCUT2D eigenvalue weighted by molar-refractivity contribution is 0.628. The summed E-state index contributed by atoms with van der Waals surface area (Å²) >= 11 is 6.03. The number of anilines is 1. The van der Waals surface area contributed by atoms with E-state index < -0.39 is 0 Å². The highest BCUT2D eigenvalue weighted by molar-refractivity contribution is 6.31. The van der Waals surface area contributed by atoms with Crippen molar-refractivity contribution in [2.45, 2.75) is 6.92 Å². The second kappa shape index (κ2) is 5.30. The number of hydrogen-bond donors (Lipinski definition) is 1. The lowest BCUT2D eigenvalue weighted by Gasteiger charge is -2.10. The van der Waals surface area contributed by atoms with Crippen LogP contribution in [-0.2, 0) is 0 Å². The smallest absolute Gasteiger partial charge is 0.162 e. The zero-order valence-corrected chi connectivity index (χ0v) is 12.4. The molecule has 1 aromatic heterocycles. The SMILES string of the molecule is CNc1nc(-c2cc(F)ccc2C)nc2cc(Cl)ccc12. The Balaban J connectivity index is 2.30. The van der Waals surface area contributed by atoms with E-state index in [-0.39, 0.29) is 5.82 Å². The van der Waals surface area contributed by atoms with Crippen LogP contribution in [0.3, 0.4) is 0 Å². The fourth-order valence-corrected chi connectivity index (χ4v) is 2.42. The minimum absolute atomic E-state index is 0.309. The molecule has 0 unspecified atom stereocenters. The highest BCUT2D eigenvalue weighted by Crippen LogP contribution is 2.28. The highest BCUT2D eigenvalue weighted by atomic mass is 35.5. The Morgan fingerprint density at radius 2 is 1.90 bits per heavy atom. The number of fused-ring (bicyclic) bond motifs is 1. The predicted octanol–water partition coefficient (Wildman–Crippen LogP) is 4.44. The fraction of sp³-hybridized carbons (Fsp3) is 0.125. The van der Waals surface area contributed by atoms with E-state index in [1.165, 1.54) is 12.1 Å². The van der Waals surface area contributed by atoms with E-state index in [9.17, 15) is 4.39 Å². The van der Waals surface area contributed by atoms with Gasteiger partial charge in [0.05, 0.1) is 5.52 Å². The van der Waals surface area contributed by atoms with Gasteiger partial charge in [-0.3, -0.25) is 0 Å². The Hall–Kier alpha value is -2.20. The lowest BCUT2D eigenvalue weighted by Crippen LogP contribution is -2.00. The van der Waals surface area contributed by atoms with Gasteiger partial charge in [-0.15, -0.1) is 0 Å². The molecule has 0 aliphatic rings. The van der Waals surface area contributed by atoms with Crippen molar-refractivity contribution >= 4 is 28.3 Å². The van der Waals surface area contributed by atoms with Gasteiger partial charge in [0, 0.05) is 23.0 Å². The molecule has 1 heterocycles. The Kier molecular flexibility index (Phi) is 3.47. The zero-order valence-electron chi connectivity index (χ0n) is 11.6. The summed E-state index contributed by atoms with van der Waals surface area (Å²) in [6, 6.07) is 10.0. The van der Waals surface area contributed by atoms with Gasteiger partial charge >= 0.3 is 0 Å².